The van der Waals surface area contributed by atoms with Crippen molar-refractivity contribution in [2.45, 2.75) is 56.9 Å². The fourth-order valence-corrected chi connectivity index (χ4v) is 3.89. The number of alkyl halides is 6. The maximum absolute atomic E-state index is 10.6. The normalized spacial score (nSPS) is 21.1. The van der Waals surface area contributed by atoms with Crippen molar-refractivity contribution < 1.29 is 55.3 Å². The Balaban J connectivity index is 0.000000301. The highest BCUT2D eigenvalue weighted by Gasteiger charge is 2.46. The molecule has 0 bridgehead atoms. The average Bonchev–Trinajstić information content (AvgIpc) is 3.47. The molecule has 4 rings (SSSR count). The van der Waals surface area contributed by atoms with E-state index in [0.717, 1.165) is 49.8 Å². The van der Waals surface area contributed by atoms with Gasteiger partial charge >= 0.3 is 24.3 Å². The summed E-state index contributed by atoms with van der Waals surface area (Å²) in [7, 11) is 2.15. The molecule has 2 aliphatic rings. The smallest absolute Gasteiger partial charge is 0.475 e. The largest absolute Gasteiger partial charge is 0.490 e. The molecule has 16 heteroatoms. The third-order valence-corrected chi connectivity index (χ3v) is 5.61. The molecule has 0 saturated carbocycles. The maximum atomic E-state index is 10.6. The zero-order valence-corrected chi connectivity index (χ0v) is 20.2. The second-order valence-corrected chi connectivity index (χ2v) is 8.40. The van der Waals surface area contributed by atoms with Crippen LogP contribution in [0.4, 0.5) is 32.2 Å². The van der Waals surface area contributed by atoms with Crippen LogP contribution in [0.25, 0.3) is 0 Å². The molecule has 2 saturated heterocycles. The lowest BCUT2D eigenvalue weighted by atomic mass is 10.00. The van der Waals surface area contributed by atoms with E-state index in [4.69, 9.17) is 29.0 Å². The van der Waals surface area contributed by atoms with Crippen LogP contribution in [0.15, 0.2) is 34.9 Å². The number of furan rings is 1. The Morgan fingerprint density at radius 2 is 1.68 bits per heavy atom. The molecule has 0 aromatic carbocycles. The van der Waals surface area contributed by atoms with E-state index in [9.17, 15) is 26.3 Å². The van der Waals surface area contributed by atoms with Gasteiger partial charge in [-0.25, -0.2) is 9.59 Å². The first-order chi connectivity index (χ1) is 17.6. The number of hydrogen-bond donors (Lipinski definition) is 2. The minimum absolute atomic E-state index is 0.210. The molecule has 2 fully saturated rings. The lowest BCUT2D eigenvalue weighted by molar-refractivity contribution is -0.193. The predicted molar refractivity (Wildman–Crippen MR) is 118 cm³/mol. The summed E-state index contributed by atoms with van der Waals surface area (Å²) >= 11 is 0. The van der Waals surface area contributed by atoms with Crippen LogP contribution in [0.1, 0.15) is 24.3 Å². The zero-order valence-electron chi connectivity index (χ0n) is 20.2. The Labute approximate surface area is 212 Å². The van der Waals surface area contributed by atoms with Gasteiger partial charge in [0.25, 0.3) is 0 Å². The van der Waals surface area contributed by atoms with E-state index < -0.39 is 24.3 Å². The molecule has 2 N–H and O–H groups in total. The number of aromatic nitrogens is 2. The minimum Gasteiger partial charge on any atom is -0.475 e. The Morgan fingerprint density at radius 3 is 2.16 bits per heavy atom. The predicted octanol–water partition coefficient (Wildman–Crippen LogP) is 3.51. The molecule has 2 aromatic rings. The van der Waals surface area contributed by atoms with E-state index in [1.807, 2.05) is 25.1 Å². The van der Waals surface area contributed by atoms with Crippen molar-refractivity contribution in [1.29, 1.82) is 0 Å². The number of carboxylic acid groups (broad SMARTS) is 2. The van der Waals surface area contributed by atoms with Crippen molar-refractivity contribution in [1.82, 2.24) is 15.1 Å². The quantitative estimate of drug-likeness (QED) is 0.540. The average molecular weight is 556 g/mol. The summed E-state index contributed by atoms with van der Waals surface area (Å²) < 4.78 is 75.1. The Kier molecular flexibility index (Phi) is 10.5. The van der Waals surface area contributed by atoms with E-state index in [0.29, 0.717) is 12.1 Å². The molecule has 3 atom stereocenters. The SMILES string of the molecule is Cc1ccc(N2C[C@@H](N(C)Cc3ccco3)[C@H]3OCCC[C@H]32)nn1.O=C(O)C(F)(F)F.O=C(O)C(F)(F)F. The lowest BCUT2D eigenvalue weighted by Crippen LogP contribution is -2.46. The molecule has 0 amide bonds. The molecule has 2 aliphatic heterocycles. The molecular formula is C22H26F6N4O6. The number of fused-ring (bicyclic) bond motifs is 1. The lowest BCUT2D eigenvalue weighted by Gasteiger charge is -2.34. The molecule has 4 heterocycles. The number of likely N-dealkylation sites (N-methyl/N-ethyl adjacent to an activating group) is 1. The number of aryl methyl sites for hydroxylation is 1. The molecule has 2 aromatic heterocycles. The number of carboxylic acids is 2. The van der Waals surface area contributed by atoms with Gasteiger partial charge in [-0.15, -0.1) is 5.10 Å². The summed E-state index contributed by atoms with van der Waals surface area (Å²) in [6.07, 6.45) is -5.98. The van der Waals surface area contributed by atoms with Gasteiger partial charge in [-0.3, -0.25) is 4.90 Å². The number of rotatable bonds is 4. The summed E-state index contributed by atoms with van der Waals surface area (Å²) in [6.45, 7) is 4.51. The monoisotopic (exact) mass is 556 g/mol. The van der Waals surface area contributed by atoms with E-state index >= 15 is 0 Å². The highest BCUT2D eigenvalue weighted by atomic mass is 19.4. The first kappa shape index (κ1) is 30.8. The number of carbonyl (C=O) groups is 2. The number of halogens is 6. The molecule has 0 unspecified atom stereocenters. The van der Waals surface area contributed by atoms with Crippen LogP contribution in [-0.4, -0.2) is 88.0 Å². The van der Waals surface area contributed by atoms with Crippen molar-refractivity contribution in [3.8, 4) is 0 Å². The summed E-state index contributed by atoms with van der Waals surface area (Å²) in [5.74, 6) is -3.58. The highest BCUT2D eigenvalue weighted by Crippen LogP contribution is 2.34. The molecule has 38 heavy (non-hydrogen) atoms. The fraction of sp³-hybridized carbons (Fsp3) is 0.545. The standard InChI is InChI=1S/C18H24N4O2.2C2HF3O2/c1-13-7-8-17(20-19-13)22-12-16(18-15(22)6-4-10-24-18)21(2)11-14-5-3-9-23-14;2*3-2(4,5)1(6)7/h3,5,7-9,15-16,18H,4,6,10-12H2,1-2H3;2*(H,6,7)/t15-,16-,18+;;/m1../s1. The maximum Gasteiger partial charge on any atom is 0.490 e. The van der Waals surface area contributed by atoms with Crippen molar-refractivity contribution in [2.75, 3.05) is 25.1 Å². The minimum atomic E-state index is -5.08. The molecule has 0 radical (unpaired) electrons. The third kappa shape index (κ3) is 8.86. The van der Waals surface area contributed by atoms with Crippen LogP contribution < -0.4 is 4.90 Å². The number of aliphatic carboxylic acids is 2. The molecule has 212 valence electrons. The van der Waals surface area contributed by atoms with E-state index in [-0.39, 0.29) is 6.10 Å². The van der Waals surface area contributed by atoms with E-state index in [1.54, 1.807) is 6.26 Å². The van der Waals surface area contributed by atoms with E-state index in [2.05, 4.69) is 33.1 Å². The Hall–Kier alpha value is -3.40. The van der Waals surface area contributed by atoms with Crippen LogP contribution in [0, 0.1) is 6.92 Å². The number of hydrogen-bond acceptors (Lipinski definition) is 8. The van der Waals surface area contributed by atoms with Gasteiger partial charge in [0.2, 0.25) is 0 Å². The van der Waals surface area contributed by atoms with E-state index in [1.165, 1.54) is 0 Å². The first-order valence-electron chi connectivity index (χ1n) is 11.1. The van der Waals surface area contributed by atoms with Gasteiger partial charge in [0.05, 0.1) is 36.7 Å². The van der Waals surface area contributed by atoms with Crippen LogP contribution in [0.3, 0.4) is 0 Å². The van der Waals surface area contributed by atoms with Crippen LogP contribution in [0.5, 0.6) is 0 Å². The molecular weight excluding hydrogens is 530 g/mol. The van der Waals surface area contributed by atoms with Gasteiger partial charge < -0.3 is 24.3 Å². The Morgan fingerprint density at radius 1 is 1.08 bits per heavy atom. The van der Waals surface area contributed by atoms with Crippen molar-refractivity contribution in [3.05, 3.63) is 42.0 Å². The van der Waals surface area contributed by atoms with Gasteiger partial charge in [-0.05, 0) is 51.1 Å². The van der Waals surface area contributed by atoms with Crippen molar-refractivity contribution >= 4 is 17.8 Å². The molecule has 0 aliphatic carbocycles. The number of anilines is 1. The van der Waals surface area contributed by atoms with Crippen molar-refractivity contribution in [2.24, 2.45) is 0 Å². The topological polar surface area (TPSA) is 129 Å². The first-order valence-corrected chi connectivity index (χ1v) is 11.1. The van der Waals surface area contributed by atoms with Gasteiger partial charge in [-0.2, -0.15) is 31.4 Å². The summed E-state index contributed by atoms with van der Waals surface area (Å²) in [5.41, 5.74) is 0.945. The van der Waals surface area contributed by atoms with Gasteiger partial charge in [0, 0.05) is 13.2 Å². The number of ether oxygens (including phenoxy) is 1. The fourth-order valence-electron chi connectivity index (χ4n) is 3.89. The summed E-state index contributed by atoms with van der Waals surface area (Å²) in [4.78, 5) is 22.5. The molecule has 10 nitrogen and oxygen atoms in total. The second-order valence-electron chi connectivity index (χ2n) is 8.40. The number of nitrogens with zero attached hydrogens (tertiary/aromatic N) is 4. The summed E-state index contributed by atoms with van der Waals surface area (Å²) in [5, 5.41) is 22.9. The third-order valence-electron chi connectivity index (χ3n) is 5.61. The van der Waals surface area contributed by atoms with Gasteiger partial charge in [0.15, 0.2) is 5.82 Å². The highest BCUT2D eigenvalue weighted by molar-refractivity contribution is 5.73. The van der Waals surface area contributed by atoms with Crippen LogP contribution >= 0.6 is 0 Å². The van der Waals surface area contributed by atoms with Crippen molar-refractivity contribution in [3.63, 3.8) is 0 Å². The van der Waals surface area contributed by atoms with Gasteiger partial charge in [-0.1, -0.05) is 0 Å². The molecule has 0 spiro atoms. The summed E-state index contributed by atoms with van der Waals surface area (Å²) in [6, 6.07) is 8.76. The van der Waals surface area contributed by atoms with Gasteiger partial charge in [0.1, 0.15) is 5.76 Å². The van der Waals surface area contributed by atoms with Crippen LogP contribution in [-0.2, 0) is 20.9 Å². The second kappa shape index (κ2) is 12.9. The Bertz CT molecular complexity index is 1010. The van der Waals surface area contributed by atoms with Crippen LogP contribution in [0.2, 0.25) is 0 Å². The zero-order chi connectivity index (χ0) is 28.7.